The molecule has 27 heavy (non-hydrogen) atoms. The molecular formula is C23H33ClO3. The average molecular weight is 393 g/mol. The van der Waals surface area contributed by atoms with Crippen molar-refractivity contribution in [1.82, 2.24) is 0 Å². The van der Waals surface area contributed by atoms with Crippen LogP contribution in [0.25, 0.3) is 0 Å². The van der Waals surface area contributed by atoms with E-state index < -0.39 is 0 Å². The minimum Gasteiger partial charge on any atom is -0.507 e. The van der Waals surface area contributed by atoms with Gasteiger partial charge < -0.3 is 15.3 Å². The molecule has 0 amide bonds. The summed E-state index contributed by atoms with van der Waals surface area (Å²) in [6, 6.07) is 0. The number of aliphatic hydroxyl groups excluding tert-OH is 1. The second-order valence-electron chi connectivity index (χ2n) is 7.42. The maximum absolute atomic E-state index is 10.3. The molecule has 0 aliphatic heterocycles. The highest BCUT2D eigenvalue weighted by molar-refractivity contribution is 6.33. The van der Waals surface area contributed by atoms with Crippen molar-refractivity contribution in [3.05, 3.63) is 56.7 Å². The van der Waals surface area contributed by atoms with Gasteiger partial charge in [-0.3, -0.25) is 0 Å². The van der Waals surface area contributed by atoms with E-state index in [-0.39, 0.29) is 23.1 Å². The summed E-state index contributed by atoms with van der Waals surface area (Å²) in [6.45, 7) is 9.80. The second kappa shape index (κ2) is 11.2. The minimum absolute atomic E-state index is 0.0732. The molecule has 150 valence electrons. The predicted octanol–water partition coefficient (Wildman–Crippen LogP) is 6.51. The zero-order valence-corrected chi connectivity index (χ0v) is 18.0. The van der Waals surface area contributed by atoms with Gasteiger partial charge in [-0.15, -0.1) is 0 Å². The lowest BCUT2D eigenvalue weighted by molar-refractivity contribution is 0.274. The first kappa shape index (κ1) is 23.3. The predicted molar refractivity (Wildman–Crippen MR) is 115 cm³/mol. The summed E-state index contributed by atoms with van der Waals surface area (Å²) in [6.07, 6.45) is 11.0. The molecular weight excluding hydrogens is 360 g/mol. The number of aromatic hydroxyl groups is 2. The number of allylic oxidation sites excluding steroid dienone is 6. The summed E-state index contributed by atoms with van der Waals surface area (Å²) in [4.78, 5) is 0. The third kappa shape index (κ3) is 7.08. The van der Waals surface area contributed by atoms with E-state index in [2.05, 4.69) is 32.9 Å². The highest BCUT2D eigenvalue weighted by Crippen LogP contribution is 2.41. The van der Waals surface area contributed by atoms with E-state index in [0.717, 1.165) is 25.7 Å². The Hall–Kier alpha value is -1.71. The van der Waals surface area contributed by atoms with Crippen molar-refractivity contribution in [2.75, 3.05) is 0 Å². The fourth-order valence-electron chi connectivity index (χ4n) is 2.92. The molecule has 0 aliphatic rings. The number of benzene rings is 1. The van der Waals surface area contributed by atoms with Gasteiger partial charge in [0.2, 0.25) is 0 Å². The summed E-state index contributed by atoms with van der Waals surface area (Å²) in [5.74, 6) is -0.182. The van der Waals surface area contributed by atoms with Gasteiger partial charge in [-0.1, -0.05) is 46.5 Å². The first-order valence-electron chi connectivity index (χ1n) is 9.46. The summed E-state index contributed by atoms with van der Waals surface area (Å²) in [7, 11) is 0. The van der Waals surface area contributed by atoms with Crippen LogP contribution in [0, 0.1) is 6.92 Å². The summed E-state index contributed by atoms with van der Waals surface area (Å²) >= 11 is 6.13. The van der Waals surface area contributed by atoms with Gasteiger partial charge >= 0.3 is 0 Å². The van der Waals surface area contributed by atoms with Gasteiger partial charge in [-0.2, -0.15) is 0 Å². The molecule has 0 bridgehead atoms. The zero-order valence-electron chi connectivity index (χ0n) is 17.2. The van der Waals surface area contributed by atoms with Gasteiger partial charge in [0, 0.05) is 11.1 Å². The fourth-order valence-corrected chi connectivity index (χ4v) is 3.14. The van der Waals surface area contributed by atoms with Crippen molar-refractivity contribution in [3.8, 4) is 11.5 Å². The van der Waals surface area contributed by atoms with E-state index in [9.17, 15) is 15.3 Å². The van der Waals surface area contributed by atoms with Crippen LogP contribution in [0.15, 0.2) is 34.9 Å². The lowest BCUT2D eigenvalue weighted by atomic mass is 9.98. The van der Waals surface area contributed by atoms with Crippen LogP contribution in [-0.4, -0.2) is 15.3 Å². The fraction of sp³-hybridized carbons (Fsp3) is 0.478. The summed E-state index contributed by atoms with van der Waals surface area (Å²) in [5, 5.41) is 30.2. The molecule has 0 heterocycles. The standard InChI is InChI=1S/C23H33ClO3/c1-15(2)8-6-9-16(3)10-7-11-17(4)12-13-19-22(26)20(14-25)18(5)21(24)23(19)27/h8,10,12,25-27H,6-7,9,11,13-14H2,1-5H3/b16-10+,17-12+. The average Bonchev–Trinajstić information content (AvgIpc) is 2.60. The van der Waals surface area contributed by atoms with E-state index in [1.165, 1.54) is 16.7 Å². The Balaban J connectivity index is 2.73. The maximum Gasteiger partial charge on any atom is 0.141 e. The lowest BCUT2D eigenvalue weighted by Gasteiger charge is -2.15. The molecule has 4 heteroatoms. The van der Waals surface area contributed by atoms with Crippen molar-refractivity contribution >= 4 is 11.6 Å². The monoisotopic (exact) mass is 392 g/mol. The third-order valence-corrected chi connectivity index (χ3v) is 5.25. The van der Waals surface area contributed by atoms with Gasteiger partial charge in [-0.25, -0.2) is 0 Å². The molecule has 1 aromatic rings. The molecule has 0 aromatic heterocycles. The molecule has 0 saturated carbocycles. The Morgan fingerprint density at radius 1 is 0.852 bits per heavy atom. The van der Waals surface area contributed by atoms with Crippen LogP contribution in [0.1, 0.15) is 70.1 Å². The summed E-state index contributed by atoms with van der Waals surface area (Å²) in [5.41, 5.74) is 5.18. The van der Waals surface area contributed by atoms with E-state index in [4.69, 9.17) is 11.6 Å². The quantitative estimate of drug-likeness (QED) is 0.419. The molecule has 0 atom stereocenters. The second-order valence-corrected chi connectivity index (χ2v) is 7.79. The largest absolute Gasteiger partial charge is 0.507 e. The van der Waals surface area contributed by atoms with E-state index in [0.29, 0.717) is 23.1 Å². The van der Waals surface area contributed by atoms with Gasteiger partial charge in [0.25, 0.3) is 0 Å². The van der Waals surface area contributed by atoms with Crippen LogP contribution in [0.2, 0.25) is 5.02 Å². The molecule has 0 radical (unpaired) electrons. The minimum atomic E-state index is -0.315. The third-order valence-electron chi connectivity index (χ3n) is 4.78. The highest BCUT2D eigenvalue weighted by atomic mass is 35.5. The van der Waals surface area contributed by atoms with Crippen LogP contribution in [0.3, 0.4) is 0 Å². The number of hydrogen-bond acceptors (Lipinski definition) is 3. The van der Waals surface area contributed by atoms with Crippen LogP contribution < -0.4 is 0 Å². The molecule has 0 unspecified atom stereocenters. The highest BCUT2D eigenvalue weighted by Gasteiger charge is 2.19. The number of phenols is 2. The van der Waals surface area contributed by atoms with E-state index in [1.807, 2.05) is 13.0 Å². The Bertz CT molecular complexity index is 739. The van der Waals surface area contributed by atoms with Crippen LogP contribution in [0.4, 0.5) is 0 Å². The van der Waals surface area contributed by atoms with E-state index in [1.54, 1.807) is 6.92 Å². The maximum atomic E-state index is 10.3. The van der Waals surface area contributed by atoms with Gasteiger partial charge in [-0.05, 0) is 72.3 Å². The molecule has 0 spiro atoms. The lowest BCUT2D eigenvalue weighted by Crippen LogP contribution is -1.97. The normalized spacial score (nSPS) is 12.4. The molecule has 0 fully saturated rings. The molecule has 0 saturated heterocycles. The van der Waals surface area contributed by atoms with Crippen LogP contribution >= 0.6 is 11.6 Å². The first-order chi connectivity index (χ1) is 12.7. The molecule has 1 aromatic carbocycles. The van der Waals surface area contributed by atoms with Crippen molar-refractivity contribution < 1.29 is 15.3 Å². The van der Waals surface area contributed by atoms with Crippen molar-refractivity contribution in [1.29, 1.82) is 0 Å². The number of aliphatic hydroxyl groups is 1. The smallest absolute Gasteiger partial charge is 0.141 e. The molecule has 0 aliphatic carbocycles. The van der Waals surface area contributed by atoms with E-state index >= 15 is 0 Å². The number of rotatable bonds is 9. The first-order valence-corrected chi connectivity index (χ1v) is 9.84. The number of halogens is 1. The van der Waals surface area contributed by atoms with Crippen molar-refractivity contribution in [3.63, 3.8) is 0 Å². The SMILES string of the molecule is CC(C)=CCC/C(C)=C/CC/C(C)=C/Cc1c(O)c(Cl)c(C)c(CO)c1O. The van der Waals surface area contributed by atoms with Gasteiger partial charge in [0.1, 0.15) is 11.5 Å². The molecule has 3 nitrogen and oxygen atoms in total. The Kier molecular flexibility index (Phi) is 9.68. The molecule has 3 N–H and O–H groups in total. The van der Waals surface area contributed by atoms with Gasteiger partial charge in [0.15, 0.2) is 0 Å². The van der Waals surface area contributed by atoms with Crippen molar-refractivity contribution in [2.45, 2.75) is 73.3 Å². The number of hydrogen-bond donors (Lipinski definition) is 3. The van der Waals surface area contributed by atoms with Crippen molar-refractivity contribution in [2.24, 2.45) is 0 Å². The topological polar surface area (TPSA) is 60.7 Å². The van der Waals surface area contributed by atoms with Gasteiger partial charge in [0.05, 0.1) is 11.6 Å². The Labute approximate surface area is 168 Å². The Morgan fingerprint density at radius 3 is 1.96 bits per heavy atom. The molecule has 1 rings (SSSR count). The number of phenolic OH excluding ortho intramolecular Hbond substituents is 1. The van der Waals surface area contributed by atoms with Crippen LogP contribution in [-0.2, 0) is 13.0 Å². The van der Waals surface area contributed by atoms with Crippen LogP contribution in [0.5, 0.6) is 11.5 Å². The summed E-state index contributed by atoms with van der Waals surface area (Å²) < 4.78 is 0. The zero-order chi connectivity index (χ0) is 20.6. The Morgan fingerprint density at radius 2 is 1.41 bits per heavy atom.